The monoisotopic (exact) mass is 380 g/mol. The van der Waals surface area contributed by atoms with Crippen LogP contribution in [0.3, 0.4) is 0 Å². The second-order valence-electron chi connectivity index (χ2n) is 11.1. The Bertz CT molecular complexity index is 622. The lowest BCUT2D eigenvalue weighted by molar-refractivity contribution is -0.244. The predicted molar refractivity (Wildman–Crippen MR) is 99.7 cm³/mol. The van der Waals surface area contributed by atoms with E-state index < -0.39 is 18.0 Å². The molecule has 0 spiro atoms. The topological polar surface area (TPSA) is 79.2 Å². The van der Waals surface area contributed by atoms with Gasteiger partial charge >= 0.3 is 0 Å². The van der Waals surface area contributed by atoms with Gasteiger partial charge in [-0.05, 0) is 81.0 Å². The average Bonchev–Trinajstić information content (AvgIpc) is 3.07. The van der Waals surface area contributed by atoms with Crippen LogP contribution in [0.4, 0.5) is 0 Å². The molecule has 0 aromatic carbocycles. The fraction of sp³-hybridized carbons (Fsp3) is 1.00. The van der Waals surface area contributed by atoms with Crippen molar-refractivity contribution in [1.29, 1.82) is 0 Å². The third-order valence-corrected chi connectivity index (χ3v) is 9.55. The summed E-state index contributed by atoms with van der Waals surface area (Å²) in [5.74, 6) is 0.0260. The molecule has 11 atom stereocenters. The van der Waals surface area contributed by atoms with Gasteiger partial charge in [0, 0.05) is 5.92 Å². The second-order valence-corrected chi connectivity index (χ2v) is 11.1. The van der Waals surface area contributed by atoms with E-state index in [9.17, 15) is 15.3 Å². The molecule has 5 fully saturated rings. The van der Waals surface area contributed by atoms with Gasteiger partial charge in [-0.25, -0.2) is 0 Å². The summed E-state index contributed by atoms with van der Waals surface area (Å²) in [6.07, 6.45) is 3.84. The highest BCUT2D eigenvalue weighted by Gasteiger charge is 2.68. The van der Waals surface area contributed by atoms with Gasteiger partial charge in [0.2, 0.25) is 0 Å². The van der Waals surface area contributed by atoms with Crippen LogP contribution in [-0.2, 0) is 9.47 Å². The van der Waals surface area contributed by atoms with Crippen molar-refractivity contribution in [2.45, 2.75) is 103 Å². The Kier molecular flexibility index (Phi) is 3.96. The van der Waals surface area contributed by atoms with E-state index in [-0.39, 0.29) is 41.0 Å². The maximum absolute atomic E-state index is 11.3. The summed E-state index contributed by atoms with van der Waals surface area (Å²) in [6, 6.07) is 0. The molecule has 1 aliphatic heterocycles. The van der Waals surface area contributed by atoms with Crippen molar-refractivity contribution in [3.05, 3.63) is 0 Å². The van der Waals surface area contributed by atoms with Crippen molar-refractivity contribution >= 4 is 0 Å². The van der Waals surface area contributed by atoms with Crippen molar-refractivity contribution in [3.8, 4) is 0 Å². The zero-order chi connectivity index (χ0) is 19.4. The standard InChI is InChI=1S/C22H36O5/c1-20(2)26-13-8-10-22(4)12-7-9-21(3)11(5-6-14(21)23)15(12)17(24)18(25)16(22)19(13)27-20/h11-19,23-25H,5-10H2,1-4H3/t11?,12?,13-,14-,15?,16?,17+,18+,19+,21-,22+/m0/s1. The highest BCUT2D eigenvalue weighted by molar-refractivity contribution is 5.16. The molecule has 4 unspecified atom stereocenters. The molecule has 154 valence electrons. The Morgan fingerprint density at radius 2 is 1.41 bits per heavy atom. The van der Waals surface area contributed by atoms with E-state index in [1.807, 2.05) is 13.8 Å². The molecule has 4 aliphatic carbocycles. The van der Waals surface area contributed by atoms with Crippen molar-refractivity contribution in [2.24, 2.45) is 34.5 Å². The van der Waals surface area contributed by atoms with Crippen LogP contribution in [0.25, 0.3) is 0 Å². The lowest BCUT2D eigenvalue weighted by Gasteiger charge is -2.64. The predicted octanol–water partition coefficient (Wildman–Crippen LogP) is 2.46. The first-order valence-electron chi connectivity index (χ1n) is 11.0. The van der Waals surface area contributed by atoms with Crippen molar-refractivity contribution < 1.29 is 24.8 Å². The summed E-state index contributed by atoms with van der Waals surface area (Å²) >= 11 is 0. The highest BCUT2D eigenvalue weighted by Crippen LogP contribution is 2.67. The number of fused-ring (bicyclic) bond motifs is 7. The number of ether oxygens (including phenoxy) is 2. The lowest BCUT2D eigenvalue weighted by Crippen LogP contribution is -2.67. The van der Waals surface area contributed by atoms with E-state index in [2.05, 4.69) is 13.8 Å². The molecule has 5 aliphatic rings. The minimum absolute atomic E-state index is 0.0126. The molecule has 1 heterocycles. The van der Waals surface area contributed by atoms with Gasteiger partial charge in [-0.2, -0.15) is 0 Å². The van der Waals surface area contributed by atoms with Gasteiger partial charge in [0.1, 0.15) is 0 Å². The number of aliphatic hydroxyl groups excluding tert-OH is 3. The van der Waals surface area contributed by atoms with Gasteiger partial charge in [-0.15, -0.1) is 0 Å². The van der Waals surface area contributed by atoms with Crippen LogP contribution in [0.1, 0.15) is 66.2 Å². The van der Waals surface area contributed by atoms with Gasteiger partial charge < -0.3 is 24.8 Å². The molecule has 3 N–H and O–H groups in total. The molecule has 0 radical (unpaired) electrons. The third-order valence-electron chi connectivity index (χ3n) is 9.55. The Morgan fingerprint density at radius 1 is 0.741 bits per heavy atom. The Morgan fingerprint density at radius 3 is 2.15 bits per heavy atom. The molecule has 0 aromatic heterocycles. The van der Waals surface area contributed by atoms with Crippen molar-refractivity contribution in [3.63, 3.8) is 0 Å². The minimum atomic E-state index is -0.790. The first-order valence-corrected chi connectivity index (χ1v) is 11.0. The van der Waals surface area contributed by atoms with Crippen LogP contribution in [0.5, 0.6) is 0 Å². The molecular formula is C22H36O5. The molecule has 0 aromatic rings. The zero-order valence-electron chi connectivity index (χ0n) is 17.1. The number of hydrogen-bond acceptors (Lipinski definition) is 5. The highest BCUT2D eigenvalue weighted by atomic mass is 16.8. The van der Waals surface area contributed by atoms with Crippen LogP contribution < -0.4 is 0 Å². The first-order chi connectivity index (χ1) is 12.6. The van der Waals surface area contributed by atoms with Crippen molar-refractivity contribution in [1.82, 2.24) is 0 Å². The van der Waals surface area contributed by atoms with E-state index >= 15 is 0 Å². The smallest absolute Gasteiger partial charge is 0.163 e. The van der Waals surface area contributed by atoms with Gasteiger partial charge in [-0.1, -0.05) is 13.8 Å². The molecule has 5 heteroatoms. The maximum Gasteiger partial charge on any atom is 0.163 e. The maximum atomic E-state index is 11.3. The summed E-state index contributed by atoms with van der Waals surface area (Å²) in [5, 5.41) is 33.2. The summed E-state index contributed by atoms with van der Waals surface area (Å²) in [7, 11) is 0. The van der Waals surface area contributed by atoms with E-state index in [0.29, 0.717) is 11.8 Å². The van der Waals surface area contributed by atoms with Gasteiger partial charge in [0.25, 0.3) is 0 Å². The van der Waals surface area contributed by atoms with E-state index in [1.54, 1.807) is 0 Å². The fourth-order valence-electron chi connectivity index (χ4n) is 8.26. The molecule has 1 saturated heterocycles. The molecule has 0 bridgehead atoms. The van der Waals surface area contributed by atoms with Crippen LogP contribution in [0.15, 0.2) is 0 Å². The molecule has 0 amide bonds. The summed E-state index contributed by atoms with van der Waals surface area (Å²) in [6.45, 7) is 8.42. The third kappa shape index (κ3) is 2.35. The molecule has 27 heavy (non-hydrogen) atoms. The van der Waals surface area contributed by atoms with Crippen molar-refractivity contribution in [2.75, 3.05) is 0 Å². The molecule has 4 saturated carbocycles. The van der Waals surface area contributed by atoms with Crippen LogP contribution in [0.2, 0.25) is 0 Å². The summed E-state index contributed by atoms with van der Waals surface area (Å²) in [5.41, 5.74) is -0.166. The lowest BCUT2D eigenvalue weighted by atomic mass is 9.43. The fourth-order valence-corrected chi connectivity index (χ4v) is 8.26. The van der Waals surface area contributed by atoms with E-state index in [1.165, 1.54) is 0 Å². The number of hydrogen-bond donors (Lipinski definition) is 3. The number of rotatable bonds is 0. The van der Waals surface area contributed by atoms with Crippen LogP contribution in [0, 0.1) is 34.5 Å². The second kappa shape index (κ2) is 5.69. The van der Waals surface area contributed by atoms with Crippen LogP contribution >= 0.6 is 0 Å². The Labute approximate surface area is 162 Å². The molecule has 5 rings (SSSR count). The summed E-state index contributed by atoms with van der Waals surface area (Å²) < 4.78 is 12.4. The summed E-state index contributed by atoms with van der Waals surface area (Å²) in [4.78, 5) is 0. The van der Waals surface area contributed by atoms with Gasteiger partial charge in [-0.3, -0.25) is 0 Å². The van der Waals surface area contributed by atoms with Gasteiger partial charge in [0.15, 0.2) is 5.79 Å². The normalized spacial score (nSPS) is 61.7. The number of aliphatic hydroxyl groups is 3. The Balaban J connectivity index is 1.53. The van der Waals surface area contributed by atoms with Crippen LogP contribution in [-0.4, -0.2) is 51.6 Å². The zero-order valence-corrected chi connectivity index (χ0v) is 17.1. The van der Waals surface area contributed by atoms with E-state index in [4.69, 9.17) is 9.47 Å². The first kappa shape index (κ1) is 18.8. The largest absolute Gasteiger partial charge is 0.393 e. The average molecular weight is 381 g/mol. The quantitative estimate of drug-likeness (QED) is 0.602. The van der Waals surface area contributed by atoms with Gasteiger partial charge in [0.05, 0.1) is 30.5 Å². The Hall–Kier alpha value is -0.200. The molecular weight excluding hydrogens is 344 g/mol. The van der Waals surface area contributed by atoms with E-state index in [0.717, 1.165) is 38.5 Å². The molecule has 5 nitrogen and oxygen atoms in total. The SMILES string of the molecule is CC1(C)O[C@H]2CC[C@]3(C)C4CC[C@@]5(C)C(CC[C@@H]5O)C4[C@@H](O)[C@H](O)C3[C@@H]2O1. The minimum Gasteiger partial charge on any atom is -0.393 e.